The summed E-state index contributed by atoms with van der Waals surface area (Å²) in [5.41, 5.74) is 0. The monoisotopic (exact) mass is 931 g/mol. The quantitative estimate of drug-likeness (QED) is 0.0272. The standard InChI is InChI=1S/C56H103N2O6P/c1-6-8-10-12-14-16-18-20-22-24-26-27-28-29-30-32-33-35-37-39-41-43-45-47-49-55(59)54(53-64-65(61,62)63-52-51-58(3,4)5)57-56(60)50-48-46-44-42-40-38-36-34-31-25-23-21-19-17-15-13-11-9-7-2/h9,11,15,17,21,23,31,34,38,40,47,49,54-55,59H,6-8,10,12-14,16,18-20,22,24-30,32-33,35-37,39,41-46,48,50-53H2,1-5H3,(H-,57,60,61,62)/b11-9-,17-15-,23-21-,34-31-,40-38-,49-47+. The van der Waals surface area contributed by atoms with Crippen molar-refractivity contribution < 1.29 is 32.9 Å². The van der Waals surface area contributed by atoms with E-state index in [9.17, 15) is 19.4 Å². The smallest absolute Gasteiger partial charge is 0.268 e. The first-order valence-corrected chi connectivity index (χ1v) is 28.3. The van der Waals surface area contributed by atoms with E-state index in [4.69, 9.17) is 9.05 Å². The number of carbonyl (C=O) groups is 1. The lowest BCUT2D eigenvalue weighted by Gasteiger charge is -2.29. The van der Waals surface area contributed by atoms with Crippen molar-refractivity contribution in [2.45, 2.75) is 238 Å². The fourth-order valence-corrected chi connectivity index (χ4v) is 8.20. The van der Waals surface area contributed by atoms with Crippen molar-refractivity contribution >= 4 is 13.7 Å². The summed E-state index contributed by atoms with van der Waals surface area (Å²) in [4.78, 5) is 25.4. The molecular weight excluding hydrogens is 828 g/mol. The highest BCUT2D eigenvalue weighted by atomic mass is 31.2. The van der Waals surface area contributed by atoms with Crippen molar-refractivity contribution in [2.24, 2.45) is 0 Å². The fraction of sp³-hybridized carbons (Fsp3) is 0.768. The summed E-state index contributed by atoms with van der Waals surface area (Å²) in [6, 6.07) is -0.908. The van der Waals surface area contributed by atoms with Crippen LogP contribution in [0.5, 0.6) is 0 Å². The van der Waals surface area contributed by atoms with Gasteiger partial charge in [0.1, 0.15) is 13.2 Å². The fourth-order valence-electron chi connectivity index (χ4n) is 7.47. The number of carbonyl (C=O) groups excluding carboxylic acids is 1. The van der Waals surface area contributed by atoms with Gasteiger partial charge in [-0.15, -0.1) is 0 Å². The number of rotatable bonds is 48. The van der Waals surface area contributed by atoms with Gasteiger partial charge < -0.3 is 28.8 Å². The summed E-state index contributed by atoms with van der Waals surface area (Å²) >= 11 is 0. The number of nitrogens with zero attached hydrogens (tertiary/aromatic N) is 1. The zero-order valence-corrected chi connectivity index (χ0v) is 43.8. The van der Waals surface area contributed by atoms with Gasteiger partial charge in [-0.1, -0.05) is 228 Å². The second-order valence-electron chi connectivity index (χ2n) is 19.2. The van der Waals surface area contributed by atoms with Crippen LogP contribution in [0, 0.1) is 0 Å². The van der Waals surface area contributed by atoms with Gasteiger partial charge >= 0.3 is 0 Å². The highest BCUT2D eigenvalue weighted by molar-refractivity contribution is 7.45. The molecule has 0 saturated heterocycles. The van der Waals surface area contributed by atoms with Crippen LogP contribution in [0.1, 0.15) is 226 Å². The first-order valence-electron chi connectivity index (χ1n) is 26.8. The van der Waals surface area contributed by atoms with Gasteiger partial charge in [-0.3, -0.25) is 9.36 Å². The van der Waals surface area contributed by atoms with Crippen LogP contribution in [-0.4, -0.2) is 68.5 Å². The third kappa shape index (κ3) is 49.7. The van der Waals surface area contributed by atoms with Crippen molar-refractivity contribution in [3.8, 4) is 0 Å². The molecule has 3 atom stereocenters. The Morgan fingerprint density at radius 3 is 1.37 bits per heavy atom. The number of phosphoric ester groups is 1. The molecule has 0 aliphatic carbocycles. The van der Waals surface area contributed by atoms with E-state index in [1.54, 1.807) is 6.08 Å². The SMILES string of the molecule is CC/C=C\C/C=C\C/C=C\C/C=C\C/C=C\CCCCCC(=O)NC(COP(=O)([O-])OCC[N+](C)(C)C)C(O)/C=C/CCCCCCCCCCCCCCCCCCCCCCCC. The van der Waals surface area contributed by atoms with E-state index in [2.05, 4.69) is 79.9 Å². The Labute approximate surface area is 402 Å². The van der Waals surface area contributed by atoms with Gasteiger partial charge in [-0.2, -0.15) is 0 Å². The van der Waals surface area contributed by atoms with Crippen molar-refractivity contribution in [1.82, 2.24) is 5.32 Å². The second kappa shape index (κ2) is 47.0. The number of amides is 1. The Morgan fingerprint density at radius 1 is 0.554 bits per heavy atom. The van der Waals surface area contributed by atoms with Crippen LogP contribution in [0.25, 0.3) is 0 Å². The van der Waals surface area contributed by atoms with Crippen LogP contribution in [0.15, 0.2) is 72.9 Å². The van der Waals surface area contributed by atoms with Gasteiger partial charge in [0.25, 0.3) is 7.82 Å². The third-order valence-electron chi connectivity index (χ3n) is 11.7. The third-order valence-corrected chi connectivity index (χ3v) is 12.6. The van der Waals surface area contributed by atoms with Crippen LogP contribution in [0.2, 0.25) is 0 Å². The van der Waals surface area contributed by atoms with E-state index in [1.807, 2.05) is 27.2 Å². The van der Waals surface area contributed by atoms with E-state index in [-0.39, 0.29) is 12.5 Å². The van der Waals surface area contributed by atoms with Gasteiger partial charge in [0.15, 0.2) is 0 Å². The molecule has 1 amide bonds. The molecule has 0 aromatic heterocycles. The predicted molar refractivity (Wildman–Crippen MR) is 279 cm³/mol. The molecule has 0 fully saturated rings. The predicted octanol–water partition coefficient (Wildman–Crippen LogP) is 15.3. The van der Waals surface area contributed by atoms with Crippen LogP contribution >= 0.6 is 7.82 Å². The number of aliphatic hydroxyl groups excluding tert-OH is 1. The molecule has 0 aliphatic rings. The largest absolute Gasteiger partial charge is 0.756 e. The molecule has 0 bridgehead atoms. The first-order chi connectivity index (χ1) is 31.5. The van der Waals surface area contributed by atoms with Gasteiger partial charge in [0, 0.05) is 6.42 Å². The van der Waals surface area contributed by atoms with Crippen LogP contribution < -0.4 is 10.2 Å². The molecule has 8 nitrogen and oxygen atoms in total. The second-order valence-corrected chi connectivity index (χ2v) is 20.6. The minimum atomic E-state index is -4.61. The van der Waals surface area contributed by atoms with Gasteiger partial charge in [-0.25, -0.2) is 0 Å². The minimum absolute atomic E-state index is 0.0110. The molecule has 0 radical (unpaired) electrons. The normalized spacial score (nSPS) is 14.6. The zero-order valence-electron chi connectivity index (χ0n) is 42.9. The van der Waals surface area contributed by atoms with Gasteiger partial charge in [0.05, 0.1) is 39.9 Å². The number of hydrogen-bond donors (Lipinski definition) is 2. The minimum Gasteiger partial charge on any atom is -0.756 e. The summed E-state index contributed by atoms with van der Waals surface area (Å²) in [6.07, 6.45) is 64.0. The number of phosphoric acid groups is 1. The van der Waals surface area contributed by atoms with Crippen molar-refractivity contribution in [1.29, 1.82) is 0 Å². The molecule has 378 valence electrons. The Balaban J connectivity index is 4.33. The van der Waals surface area contributed by atoms with Crippen LogP contribution in [0.4, 0.5) is 0 Å². The van der Waals surface area contributed by atoms with Gasteiger partial charge in [-0.05, 0) is 64.2 Å². The summed E-state index contributed by atoms with van der Waals surface area (Å²) in [7, 11) is 1.23. The molecule has 9 heteroatoms. The van der Waals surface area contributed by atoms with Crippen LogP contribution in [-0.2, 0) is 18.4 Å². The number of aliphatic hydroxyl groups is 1. The number of allylic oxidation sites excluding steroid dienone is 11. The van der Waals surface area contributed by atoms with E-state index in [0.29, 0.717) is 23.9 Å². The summed E-state index contributed by atoms with van der Waals surface area (Å²) in [5, 5.41) is 13.8. The Morgan fingerprint density at radius 2 is 0.938 bits per heavy atom. The molecule has 0 heterocycles. The highest BCUT2D eigenvalue weighted by Crippen LogP contribution is 2.38. The van der Waals surface area contributed by atoms with Crippen molar-refractivity contribution in [2.75, 3.05) is 40.9 Å². The Hall–Kier alpha value is -2.06. The average molecular weight is 931 g/mol. The lowest BCUT2D eigenvalue weighted by Crippen LogP contribution is -2.45. The number of hydrogen-bond acceptors (Lipinski definition) is 6. The number of likely N-dealkylation sites (N-methyl/N-ethyl adjacent to an activating group) is 1. The van der Waals surface area contributed by atoms with E-state index in [0.717, 1.165) is 70.6 Å². The molecular formula is C56H103N2O6P. The van der Waals surface area contributed by atoms with E-state index >= 15 is 0 Å². The molecule has 65 heavy (non-hydrogen) atoms. The zero-order chi connectivity index (χ0) is 47.8. The molecule has 3 unspecified atom stereocenters. The molecule has 0 saturated carbocycles. The number of unbranched alkanes of at least 4 members (excludes halogenated alkanes) is 25. The summed E-state index contributed by atoms with van der Waals surface area (Å²) in [5.74, 6) is -0.229. The topological polar surface area (TPSA) is 108 Å². The molecule has 0 aromatic rings. The molecule has 0 spiro atoms. The molecule has 2 N–H and O–H groups in total. The summed E-state index contributed by atoms with van der Waals surface area (Å²) in [6.45, 7) is 4.52. The number of quaternary nitrogens is 1. The lowest BCUT2D eigenvalue weighted by molar-refractivity contribution is -0.870. The van der Waals surface area contributed by atoms with Crippen molar-refractivity contribution in [3.63, 3.8) is 0 Å². The van der Waals surface area contributed by atoms with E-state index < -0.39 is 26.6 Å². The Kier molecular flexibility index (Phi) is 45.5. The molecule has 0 rings (SSSR count). The van der Waals surface area contributed by atoms with Crippen LogP contribution in [0.3, 0.4) is 0 Å². The summed E-state index contributed by atoms with van der Waals surface area (Å²) < 4.78 is 23.3. The number of nitrogens with one attached hydrogen (secondary N) is 1. The molecule has 0 aromatic carbocycles. The highest BCUT2D eigenvalue weighted by Gasteiger charge is 2.23. The lowest BCUT2D eigenvalue weighted by atomic mass is 10.0. The Bertz CT molecular complexity index is 1290. The maximum Gasteiger partial charge on any atom is 0.268 e. The maximum atomic E-state index is 12.9. The molecule has 0 aliphatic heterocycles. The first kappa shape index (κ1) is 62.9. The van der Waals surface area contributed by atoms with Gasteiger partial charge in [0.2, 0.25) is 5.91 Å². The van der Waals surface area contributed by atoms with E-state index in [1.165, 1.54) is 128 Å². The van der Waals surface area contributed by atoms with Crippen molar-refractivity contribution in [3.05, 3.63) is 72.9 Å². The maximum absolute atomic E-state index is 12.9. The average Bonchev–Trinajstić information content (AvgIpc) is 3.26.